The van der Waals surface area contributed by atoms with E-state index in [-0.39, 0.29) is 11.9 Å². The maximum absolute atomic E-state index is 11.5. The van der Waals surface area contributed by atoms with E-state index >= 15 is 0 Å². The van der Waals surface area contributed by atoms with E-state index < -0.39 is 0 Å². The summed E-state index contributed by atoms with van der Waals surface area (Å²) < 4.78 is 1.10. The number of benzene rings is 1. The van der Waals surface area contributed by atoms with Crippen LogP contribution in [0.3, 0.4) is 0 Å². The van der Waals surface area contributed by atoms with Gasteiger partial charge in [0.05, 0.1) is 5.02 Å². The molecular weight excluding hydrogens is 240 g/mol. The van der Waals surface area contributed by atoms with Crippen LogP contribution in [-0.4, -0.2) is 20.7 Å². The van der Waals surface area contributed by atoms with Gasteiger partial charge in [0.25, 0.3) is 0 Å². The fourth-order valence-corrected chi connectivity index (χ4v) is 1.63. The van der Waals surface area contributed by atoms with Crippen LogP contribution in [0.25, 0.3) is 11.4 Å². The van der Waals surface area contributed by atoms with Crippen LogP contribution in [0.4, 0.5) is 5.95 Å². The Kier molecular flexibility index (Phi) is 3.10. The first-order chi connectivity index (χ1) is 8.13. The van der Waals surface area contributed by atoms with E-state index in [2.05, 4.69) is 10.1 Å². The van der Waals surface area contributed by atoms with E-state index in [0.29, 0.717) is 22.8 Å². The third-order valence-corrected chi connectivity index (χ3v) is 2.62. The van der Waals surface area contributed by atoms with Gasteiger partial charge in [-0.2, -0.15) is 9.67 Å². The molecule has 5 nitrogen and oxygen atoms in total. The zero-order valence-corrected chi connectivity index (χ0v) is 9.98. The highest BCUT2D eigenvalue weighted by Crippen LogP contribution is 2.25. The molecule has 88 valence electrons. The average molecular weight is 251 g/mol. The largest absolute Gasteiger partial charge is 0.368 e. The van der Waals surface area contributed by atoms with Gasteiger partial charge in [0.15, 0.2) is 5.82 Å². The fraction of sp³-hybridized carbons (Fsp3) is 0.182. The predicted octanol–water partition coefficient (Wildman–Crippen LogP) is 2.23. The molecule has 17 heavy (non-hydrogen) atoms. The molecule has 0 fully saturated rings. The monoisotopic (exact) mass is 250 g/mol. The van der Waals surface area contributed by atoms with Crippen LogP contribution in [-0.2, 0) is 0 Å². The Morgan fingerprint density at radius 2 is 2.18 bits per heavy atom. The van der Waals surface area contributed by atoms with Crippen LogP contribution in [0.5, 0.6) is 0 Å². The molecule has 0 aliphatic carbocycles. The van der Waals surface area contributed by atoms with Gasteiger partial charge in [0, 0.05) is 12.0 Å². The van der Waals surface area contributed by atoms with Crippen LogP contribution < -0.4 is 5.73 Å². The lowest BCUT2D eigenvalue weighted by atomic mass is 10.2. The molecule has 2 aromatic rings. The second-order valence-corrected chi connectivity index (χ2v) is 3.84. The second-order valence-electron chi connectivity index (χ2n) is 3.43. The maximum Gasteiger partial charge on any atom is 0.249 e. The SMILES string of the molecule is CCC(=O)n1nc(-c2ccccc2Cl)nc1N. The third kappa shape index (κ3) is 2.14. The molecule has 1 aromatic carbocycles. The number of hydrogen-bond donors (Lipinski definition) is 1. The number of aromatic nitrogens is 3. The fourth-order valence-electron chi connectivity index (χ4n) is 1.41. The molecule has 0 aliphatic rings. The lowest BCUT2D eigenvalue weighted by Gasteiger charge is -1.97. The Balaban J connectivity index is 2.49. The van der Waals surface area contributed by atoms with Crippen LogP contribution in [0.1, 0.15) is 18.1 Å². The Labute approximate surface area is 103 Å². The van der Waals surface area contributed by atoms with Crippen molar-refractivity contribution in [2.24, 2.45) is 0 Å². The maximum atomic E-state index is 11.5. The van der Waals surface area contributed by atoms with Crippen LogP contribution in [0, 0.1) is 0 Å². The molecule has 2 N–H and O–H groups in total. The van der Waals surface area contributed by atoms with Crippen LogP contribution in [0.2, 0.25) is 5.02 Å². The Bertz CT molecular complexity index is 564. The Hall–Kier alpha value is -1.88. The Morgan fingerprint density at radius 3 is 2.82 bits per heavy atom. The molecule has 2 rings (SSSR count). The van der Waals surface area contributed by atoms with Crippen molar-refractivity contribution < 1.29 is 4.79 Å². The number of carbonyl (C=O) groups is 1. The van der Waals surface area contributed by atoms with Gasteiger partial charge in [0.1, 0.15) is 0 Å². The van der Waals surface area contributed by atoms with E-state index in [9.17, 15) is 4.79 Å². The van der Waals surface area contributed by atoms with Gasteiger partial charge in [-0.05, 0) is 12.1 Å². The van der Waals surface area contributed by atoms with Crippen LogP contribution >= 0.6 is 11.6 Å². The highest BCUT2D eigenvalue weighted by Gasteiger charge is 2.14. The van der Waals surface area contributed by atoms with Crippen molar-refractivity contribution in [2.75, 3.05) is 5.73 Å². The van der Waals surface area contributed by atoms with E-state index in [1.165, 1.54) is 0 Å². The summed E-state index contributed by atoms with van der Waals surface area (Å²) in [4.78, 5) is 15.5. The second kappa shape index (κ2) is 4.55. The van der Waals surface area contributed by atoms with Crippen molar-refractivity contribution in [1.82, 2.24) is 14.8 Å². The molecule has 0 atom stereocenters. The van der Waals surface area contributed by atoms with Crippen molar-refractivity contribution in [3.05, 3.63) is 29.3 Å². The summed E-state index contributed by atoms with van der Waals surface area (Å²) in [5.74, 6) is 0.231. The molecule has 0 bridgehead atoms. The van der Waals surface area contributed by atoms with Crippen molar-refractivity contribution in [1.29, 1.82) is 0 Å². The van der Waals surface area contributed by atoms with Gasteiger partial charge < -0.3 is 5.73 Å². The zero-order valence-electron chi connectivity index (χ0n) is 9.22. The number of nitrogens with zero attached hydrogens (tertiary/aromatic N) is 3. The summed E-state index contributed by atoms with van der Waals surface area (Å²) in [6, 6.07) is 7.14. The number of rotatable bonds is 2. The summed E-state index contributed by atoms with van der Waals surface area (Å²) in [6.07, 6.45) is 0.315. The third-order valence-electron chi connectivity index (χ3n) is 2.29. The minimum atomic E-state index is -0.201. The number of anilines is 1. The van der Waals surface area contributed by atoms with Gasteiger partial charge in [-0.3, -0.25) is 4.79 Å². The van der Waals surface area contributed by atoms with E-state index in [4.69, 9.17) is 17.3 Å². The first-order valence-corrected chi connectivity index (χ1v) is 5.52. The molecule has 0 amide bonds. The van der Waals surface area contributed by atoms with Crippen molar-refractivity contribution >= 4 is 23.5 Å². The number of hydrogen-bond acceptors (Lipinski definition) is 4. The van der Waals surface area contributed by atoms with Crippen LogP contribution in [0.15, 0.2) is 24.3 Å². The first-order valence-electron chi connectivity index (χ1n) is 5.14. The molecule has 1 heterocycles. The number of halogens is 1. The highest BCUT2D eigenvalue weighted by molar-refractivity contribution is 6.33. The van der Waals surface area contributed by atoms with E-state index in [0.717, 1.165) is 4.68 Å². The quantitative estimate of drug-likeness (QED) is 0.887. The normalized spacial score (nSPS) is 10.5. The minimum absolute atomic E-state index is 0.0757. The van der Waals surface area contributed by atoms with Crippen molar-refractivity contribution in [3.63, 3.8) is 0 Å². The van der Waals surface area contributed by atoms with E-state index in [1.807, 2.05) is 12.1 Å². The average Bonchev–Trinajstić information content (AvgIpc) is 2.71. The van der Waals surface area contributed by atoms with Gasteiger partial charge in [-0.15, -0.1) is 5.10 Å². The predicted molar refractivity (Wildman–Crippen MR) is 65.8 cm³/mol. The van der Waals surface area contributed by atoms with E-state index in [1.54, 1.807) is 19.1 Å². The standard InChI is InChI=1S/C11H11ClN4O/c1-2-9(17)16-11(13)14-10(15-16)7-5-3-4-6-8(7)12/h3-6H,2H2,1H3,(H2,13,14,15). The molecule has 6 heteroatoms. The van der Waals surface area contributed by atoms with Crippen molar-refractivity contribution in [2.45, 2.75) is 13.3 Å². The lowest BCUT2D eigenvalue weighted by Crippen LogP contribution is -2.13. The summed E-state index contributed by atoms with van der Waals surface area (Å²) in [7, 11) is 0. The highest BCUT2D eigenvalue weighted by atomic mass is 35.5. The number of nitrogen functional groups attached to an aromatic ring is 1. The molecule has 0 saturated carbocycles. The molecule has 0 spiro atoms. The van der Waals surface area contributed by atoms with Gasteiger partial charge in [-0.1, -0.05) is 30.7 Å². The van der Waals surface area contributed by atoms with Gasteiger partial charge in [0.2, 0.25) is 11.9 Å². The molecule has 0 radical (unpaired) electrons. The molecule has 1 aromatic heterocycles. The molecule has 0 saturated heterocycles. The topological polar surface area (TPSA) is 73.8 Å². The summed E-state index contributed by atoms with van der Waals surface area (Å²) in [6.45, 7) is 1.73. The van der Waals surface area contributed by atoms with Crippen molar-refractivity contribution in [3.8, 4) is 11.4 Å². The molecule has 0 unspecified atom stereocenters. The summed E-state index contributed by atoms with van der Waals surface area (Å²) in [5.41, 5.74) is 6.29. The minimum Gasteiger partial charge on any atom is -0.368 e. The molecular formula is C11H11ClN4O. The summed E-state index contributed by atoms with van der Waals surface area (Å²) in [5, 5.41) is 4.58. The summed E-state index contributed by atoms with van der Waals surface area (Å²) >= 11 is 6.02. The lowest BCUT2D eigenvalue weighted by molar-refractivity contribution is 0.0896. The van der Waals surface area contributed by atoms with Gasteiger partial charge in [-0.25, -0.2) is 0 Å². The number of nitrogens with two attached hydrogens (primary N) is 1. The molecule has 0 aliphatic heterocycles. The smallest absolute Gasteiger partial charge is 0.249 e. The van der Waals surface area contributed by atoms with Gasteiger partial charge >= 0.3 is 0 Å². The Morgan fingerprint density at radius 1 is 1.47 bits per heavy atom. The zero-order chi connectivity index (χ0) is 12.4. The number of carbonyl (C=O) groups excluding carboxylic acids is 1. The first kappa shape index (κ1) is 11.6.